The molecule has 0 radical (unpaired) electrons. The minimum atomic E-state index is -0.245. The Morgan fingerprint density at radius 1 is 1.45 bits per heavy atom. The van der Waals surface area contributed by atoms with Crippen molar-refractivity contribution in [2.24, 2.45) is 5.92 Å². The molecular weight excluding hydrogens is 274 g/mol. The van der Waals surface area contributed by atoms with Gasteiger partial charge in [-0.15, -0.1) is 0 Å². The second-order valence-corrected chi connectivity index (χ2v) is 6.01. The molecule has 1 aromatic carbocycles. The molecule has 2 aromatic rings. The lowest BCUT2D eigenvalue weighted by Crippen LogP contribution is -2.39. The zero-order chi connectivity index (χ0) is 14.1. The van der Waals surface area contributed by atoms with E-state index in [0.717, 1.165) is 10.2 Å². The number of nitrogens with one attached hydrogen (secondary N) is 1. The molecule has 1 aromatic heterocycles. The first-order valence-corrected chi connectivity index (χ1v) is 7.35. The molecule has 1 atom stereocenters. The molecule has 2 amide bonds. The number of thiazole rings is 1. The van der Waals surface area contributed by atoms with Crippen molar-refractivity contribution in [1.82, 2.24) is 9.88 Å². The molecule has 1 N–H and O–H groups in total. The Bertz CT molecular complexity index is 634. The van der Waals surface area contributed by atoms with Gasteiger partial charge < -0.3 is 10.2 Å². The molecule has 0 aliphatic carbocycles. The highest BCUT2D eigenvalue weighted by Gasteiger charge is 2.29. The average Bonchev–Trinajstić information content (AvgIpc) is 2.83. The molecule has 1 aliphatic heterocycles. The number of para-hydroxylation sites is 1. The highest BCUT2D eigenvalue weighted by molar-refractivity contribution is 7.22. The first-order valence-electron chi connectivity index (χ1n) is 6.54. The van der Waals surface area contributed by atoms with Gasteiger partial charge in [-0.25, -0.2) is 4.98 Å². The van der Waals surface area contributed by atoms with Crippen molar-refractivity contribution in [2.75, 3.05) is 18.9 Å². The topological polar surface area (TPSA) is 62.3 Å². The number of carbonyl (C=O) groups is 2. The Kier molecular flexibility index (Phi) is 3.40. The second-order valence-electron chi connectivity index (χ2n) is 4.98. The van der Waals surface area contributed by atoms with Crippen LogP contribution in [0.1, 0.15) is 12.8 Å². The number of likely N-dealkylation sites (tertiary alicyclic amines) is 1. The fourth-order valence-corrected chi connectivity index (χ4v) is 3.17. The maximum absolute atomic E-state index is 12.2. The van der Waals surface area contributed by atoms with E-state index in [1.165, 1.54) is 11.3 Å². The molecule has 6 heteroatoms. The number of aromatic nitrogens is 1. The molecule has 1 saturated heterocycles. The van der Waals surface area contributed by atoms with Crippen LogP contribution in [0.4, 0.5) is 5.13 Å². The number of fused-ring (bicyclic) bond motifs is 1. The minimum absolute atomic E-state index is 0.0284. The Morgan fingerprint density at radius 3 is 3.00 bits per heavy atom. The Labute approximate surface area is 120 Å². The van der Waals surface area contributed by atoms with Crippen LogP contribution in [0, 0.1) is 5.92 Å². The molecule has 1 aliphatic rings. The summed E-state index contributed by atoms with van der Waals surface area (Å²) < 4.78 is 1.04. The lowest BCUT2D eigenvalue weighted by Gasteiger charge is -2.27. The van der Waals surface area contributed by atoms with Crippen LogP contribution in [0.25, 0.3) is 10.2 Å². The van der Waals surface area contributed by atoms with E-state index < -0.39 is 0 Å². The number of anilines is 1. The monoisotopic (exact) mass is 289 g/mol. The van der Waals surface area contributed by atoms with Crippen molar-refractivity contribution < 1.29 is 9.59 Å². The molecule has 104 valence electrons. The first-order chi connectivity index (χ1) is 9.63. The van der Waals surface area contributed by atoms with Gasteiger partial charge in [0.05, 0.1) is 10.2 Å². The standard InChI is InChI=1S/C14H15N3O2S/c1-17-7-6-9(8-12(17)18)13(19)16-14-15-10-4-2-3-5-11(10)20-14/h2-5,9H,6-8H2,1H3,(H,15,16,19). The lowest BCUT2D eigenvalue weighted by atomic mass is 9.96. The first kappa shape index (κ1) is 13.1. The Morgan fingerprint density at radius 2 is 2.25 bits per heavy atom. The van der Waals surface area contributed by atoms with E-state index in [2.05, 4.69) is 10.3 Å². The van der Waals surface area contributed by atoms with E-state index in [9.17, 15) is 9.59 Å². The Balaban J connectivity index is 1.71. The third kappa shape index (κ3) is 2.51. The van der Waals surface area contributed by atoms with Crippen molar-refractivity contribution in [3.05, 3.63) is 24.3 Å². The van der Waals surface area contributed by atoms with Crippen LogP contribution in [0.3, 0.4) is 0 Å². The van der Waals surface area contributed by atoms with E-state index >= 15 is 0 Å². The predicted octanol–water partition coefficient (Wildman–Crippen LogP) is 2.10. The summed E-state index contributed by atoms with van der Waals surface area (Å²) >= 11 is 1.45. The van der Waals surface area contributed by atoms with Gasteiger partial charge >= 0.3 is 0 Å². The number of hydrogen-bond acceptors (Lipinski definition) is 4. The molecule has 0 bridgehead atoms. The summed E-state index contributed by atoms with van der Waals surface area (Å²) in [6.45, 7) is 0.636. The van der Waals surface area contributed by atoms with Crippen LogP contribution < -0.4 is 5.32 Å². The minimum Gasteiger partial charge on any atom is -0.346 e. The molecule has 5 nitrogen and oxygen atoms in total. The molecular formula is C14H15N3O2S. The quantitative estimate of drug-likeness (QED) is 0.921. The van der Waals surface area contributed by atoms with Gasteiger partial charge in [0.25, 0.3) is 0 Å². The molecule has 20 heavy (non-hydrogen) atoms. The fraction of sp³-hybridized carbons (Fsp3) is 0.357. The largest absolute Gasteiger partial charge is 0.346 e. The summed E-state index contributed by atoms with van der Waals surface area (Å²) in [7, 11) is 1.77. The lowest BCUT2D eigenvalue weighted by molar-refractivity contribution is -0.137. The normalized spacial score (nSPS) is 19.4. The molecule has 0 spiro atoms. The van der Waals surface area contributed by atoms with Gasteiger partial charge in [-0.3, -0.25) is 9.59 Å². The van der Waals surface area contributed by atoms with Crippen LogP contribution in [0.5, 0.6) is 0 Å². The summed E-state index contributed by atoms with van der Waals surface area (Å²) in [5.41, 5.74) is 0.882. The third-order valence-electron chi connectivity index (χ3n) is 3.55. The van der Waals surface area contributed by atoms with Gasteiger partial charge in [0, 0.05) is 25.9 Å². The summed E-state index contributed by atoms with van der Waals surface area (Å²) in [5.74, 6) is -0.322. The van der Waals surface area contributed by atoms with E-state index in [1.54, 1.807) is 11.9 Å². The average molecular weight is 289 g/mol. The van der Waals surface area contributed by atoms with Crippen LogP contribution >= 0.6 is 11.3 Å². The molecule has 0 saturated carbocycles. The van der Waals surface area contributed by atoms with Gasteiger partial charge in [-0.05, 0) is 18.6 Å². The summed E-state index contributed by atoms with van der Waals surface area (Å²) in [5, 5.41) is 3.43. The van der Waals surface area contributed by atoms with E-state index in [1.807, 2.05) is 24.3 Å². The summed E-state index contributed by atoms with van der Waals surface area (Å²) in [4.78, 5) is 29.9. The van der Waals surface area contributed by atoms with Crippen molar-refractivity contribution in [1.29, 1.82) is 0 Å². The van der Waals surface area contributed by atoms with Gasteiger partial charge in [0.15, 0.2) is 5.13 Å². The second kappa shape index (κ2) is 5.20. The summed E-state index contributed by atoms with van der Waals surface area (Å²) in [6, 6.07) is 7.76. The number of carbonyl (C=O) groups excluding carboxylic acids is 2. The van der Waals surface area contributed by atoms with Crippen molar-refractivity contribution in [2.45, 2.75) is 12.8 Å². The zero-order valence-electron chi connectivity index (χ0n) is 11.1. The van der Waals surface area contributed by atoms with Crippen molar-refractivity contribution >= 4 is 38.5 Å². The number of amides is 2. The number of rotatable bonds is 2. The third-order valence-corrected chi connectivity index (χ3v) is 4.51. The molecule has 3 rings (SSSR count). The Hall–Kier alpha value is -1.95. The van der Waals surface area contributed by atoms with E-state index in [4.69, 9.17) is 0 Å². The van der Waals surface area contributed by atoms with Gasteiger partial charge in [0.1, 0.15) is 0 Å². The number of hydrogen-bond donors (Lipinski definition) is 1. The van der Waals surface area contributed by atoms with Crippen molar-refractivity contribution in [3.63, 3.8) is 0 Å². The SMILES string of the molecule is CN1CCC(C(=O)Nc2nc3ccccc3s2)CC1=O. The molecule has 1 fully saturated rings. The predicted molar refractivity (Wildman–Crippen MR) is 78.6 cm³/mol. The van der Waals surface area contributed by atoms with Gasteiger partial charge in [0.2, 0.25) is 11.8 Å². The molecule has 1 unspecified atom stereocenters. The smallest absolute Gasteiger partial charge is 0.229 e. The van der Waals surface area contributed by atoms with Gasteiger partial charge in [-0.2, -0.15) is 0 Å². The van der Waals surface area contributed by atoms with Crippen LogP contribution in [-0.4, -0.2) is 35.3 Å². The molecule has 2 heterocycles. The van der Waals surface area contributed by atoms with E-state index in [-0.39, 0.29) is 24.2 Å². The highest BCUT2D eigenvalue weighted by Crippen LogP contribution is 2.27. The highest BCUT2D eigenvalue weighted by atomic mass is 32.1. The fourth-order valence-electron chi connectivity index (χ4n) is 2.30. The van der Waals surface area contributed by atoms with Crippen LogP contribution in [0.2, 0.25) is 0 Å². The zero-order valence-corrected chi connectivity index (χ0v) is 11.9. The van der Waals surface area contributed by atoms with Gasteiger partial charge in [-0.1, -0.05) is 23.5 Å². The van der Waals surface area contributed by atoms with Crippen LogP contribution in [-0.2, 0) is 9.59 Å². The van der Waals surface area contributed by atoms with Crippen LogP contribution in [0.15, 0.2) is 24.3 Å². The number of nitrogens with zero attached hydrogens (tertiary/aromatic N) is 2. The number of benzene rings is 1. The number of piperidine rings is 1. The summed E-state index contributed by atoms with van der Waals surface area (Å²) in [6.07, 6.45) is 0.992. The van der Waals surface area contributed by atoms with E-state index in [0.29, 0.717) is 18.1 Å². The maximum Gasteiger partial charge on any atom is 0.229 e. The maximum atomic E-state index is 12.2. The van der Waals surface area contributed by atoms with Crippen molar-refractivity contribution in [3.8, 4) is 0 Å².